The first-order valence-corrected chi connectivity index (χ1v) is 9.95. The van der Waals surface area contributed by atoms with Gasteiger partial charge in [-0.3, -0.25) is 14.1 Å². The topological polar surface area (TPSA) is 107 Å². The van der Waals surface area contributed by atoms with E-state index in [1.54, 1.807) is 13.8 Å². The van der Waals surface area contributed by atoms with Crippen LogP contribution < -0.4 is 0 Å². The molecule has 0 aliphatic heterocycles. The van der Waals surface area contributed by atoms with Gasteiger partial charge in [0.2, 0.25) is 0 Å². The fourth-order valence-corrected chi connectivity index (χ4v) is 3.09. The number of ether oxygens (including phenoxy) is 2. The summed E-state index contributed by atoms with van der Waals surface area (Å²) < 4.78 is 66.9. The van der Waals surface area contributed by atoms with Crippen LogP contribution in [0.4, 0.5) is 8.78 Å². The molecule has 1 rings (SSSR count). The van der Waals surface area contributed by atoms with Gasteiger partial charge in [0, 0.05) is 0 Å². The van der Waals surface area contributed by atoms with E-state index in [1.165, 1.54) is 0 Å². The standard InChI is InChI=1S/C16H26F2O7S/c1-5-10(2)13(19)25-15(4)8-6-12(7-9-15)14(20)24-11(3)16(17,18)26(21,22)23/h10-12H,5-9H2,1-4H3,(H,21,22,23). The van der Waals surface area contributed by atoms with E-state index in [0.717, 1.165) is 0 Å². The maximum Gasteiger partial charge on any atom is 0.405 e. The molecule has 0 aromatic carbocycles. The molecule has 7 nitrogen and oxygen atoms in total. The summed E-state index contributed by atoms with van der Waals surface area (Å²) in [5, 5.41) is -4.59. The van der Waals surface area contributed by atoms with Crippen molar-refractivity contribution < 1.29 is 40.8 Å². The van der Waals surface area contributed by atoms with Crippen LogP contribution in [0.25, 0.3) is 0 Å². The number of carbonyl (C=O) groups is 2. The first-order valence-electron chi connectivity index (χ1n) is 8.51. The van der Waals surface area contributed by atoms with Gasteiger partial charge in [0.05, 0.1) is 11.8 Å². The van der Waals surface area contributed by atoms with E-state index in [4.69, 9.17) is 9.29 Å². The highest BCUT2D eigenvalue weighted by atomic mass is 32.2. The van der Waals surface area contributed by atoms with Crippen LogP contribution in [-0.4, -0.2) is 41.9 Å². The van der Waals surface area contributed by atoms with Crippen molar-refractivity contribution in [3.05, 3.63) is 0 Å². The van der Waals surface area contributed by atoms with Crippen LogP contribution >= 0.6 is 0 Å². The lowest BCUT2D eigenvalue weighted by Gasteiger charge is -2.37. The summed E-state index contributed by atoms with van der Waals surface area (Å²) in [5.41, 5.74) is -0.735. The molecule has 1 aliphatic rings. The first-order chi connectivity index (χ1) is 11.7. The average molecular weight is 400 g/mol. The quantitative estimate of drug-likeness (QED) is 0.517. The van der Waals surface area contributed by atoms with E-state index >= 15 is 0 Å². The lowest BCUT2D eigenvalue weighted by molar-refractivity contribution is -0.173. The zero-order valence-corrected chi connectivity index (χ0v) is 16.1. The number of carbonyl (C=O) groups excluding carboxylic acids is 2. The van der Waals surface area contributed by atoms with Crippen LogP contribution in [0.1, 0.15) is 59.8 Å². The summed E-state index contributed by atoms with van der Waals surface area (Å²) in [6, 6.07) is 0. The largest absolute Gasteiger partial charge is 0.459 e. The minimum atomic E-state index is -5.69. The van der Waals surface area contributed by atoms with Crippen molar-refractivity contribution >= 4 is 22.1 Å². The SMILES string of the molecule is CCC(C)C(=O)OC1(C)CCC(C(=O)OC(C)C(F)(F)S(=O)(=O)O)CC1. The van der Waals surface area contributed by atoms with E-state index < -0.39 is 39.0 Å². The highest BCUT2D eigenvalue weighted by Gasteiger charge is 2.52. The Kier molecular flexibility index (Phi) is 7.14. The van der Waals surface area contributed by atoms with Gasteiger partial charge in [-0.2, -0.15) is 17.2 Å². The van der Waals surface area contributed by atoms with Gasteiger partial charge in [-0.15, -0.1) is 0 Å². The molecule has 2 unspecified atom stereocenters. The Morgan fingerprint density at radius 3 is 2.19 bits per heavy atom. The van der Waals surface area contributed by atoms with Gasteiger partial charge in [0.1, 0.15) is 5.60 Å². The smallest absolute Gasteiger partial charge is 0.405 e. The van der Waals surface area contributed by atoms with Crippen LogP contribution in [0.2, 0.25) is 0 Å². The van der Waals surface area contributed by atoms with Crippen LogP contribution in [0.15, 0.2) is 0 Å². The second kappa shape index (κ2) is 8.16. The monoisotopic (exact) mass is 400 g/mol. The second-order valence-corrected chi connectivity index (χ2v) is 8.56. The summed E-state index contributed by atoms with van der Waals surface area (Å²) >= 11 is 0. The summed E-state index contributed by atoms with van der Waals surface area (Å²) in [4.78, 5) is 24.0. The molecular formula is C16H26F2O7S. The highest BCUT2D eigenvalue weighted by molar-refractivity contribution is 7.86. The molecule has 0 saturated heterocycles. The molecule has 1 aliphatic carbocycles. The normalized spacial score (nSPS) is 26.7. The molecule has 2 atom stereocenters. The van der Waals surface area contributed by atoms with Crippen molar-refractivity contribution in [2.75, 3.05) is 0 Å². The fourth-order valence-electron chi connectivity index (χ4n) is 2.63. The van der Waals surface area contributed by atoms with Crippen LogP contribution in [0, 0.1) is 11.8 Å². The molecule has 1 saturated carbocycles. The molecule has 0 radical (unpaired) electrons. The van der Waals surface area contributed by atoms with Gasteiger partial charge in [-0.05, 0) is 46.0 Å². The molecule has 26 heavy (non-hydrogen) atoms. The molecule has 0 amide bonds. The molecule has 0 aromatic rings. The van der Waals surface area contributed by atoms with Crippen LogP contribution in [0.3, 0.4) is 0 Å². The maximum absolute atomic E-state index is 13.5. The number of halogens is 2. The molecule has 0 spiro atoms. The average Bonchev–Trinajstić information content (AvgIpc) is 2.52. The highest BCUT2D eigenvalue weighted by Crippen LogP contribution is 2.37. The molecule has 152 valence electrons. The Bertz CT molecular complexity index is 625. The van der Waals surface area contributed by atoms with Crippen LogP contribution in [0.5, 0.6) is 0 Å². The number of alkyl halides is 2. The predicted molar refractivity (Wildman–Crippen MR) is 88.0 cm³/mol. The maximum atomic E-state index is 13.5. The summed E-state index contributed by atoms with van der Waals surface area (Å²) in [5.74, 6) is -2.23. The minimum absolute atomic E-state index is 0.238. The summed E-state index contributed by atoms with van der Waals surface area (Å²) in [7, 11) is -5.69. The first kappa shape index (κ1) is 22.8. The van der Waals surface area contributed by atoms with E-state index in [9.17, 15) is 26.8 Å². The molecular weight excluding hydrogens is 374 g/mol. The van der Waals surface area contributed by atoms with Gasteiger partial charge >= 0.3 is 27.3 Å². The number of esters is 2. The fraction of sp³-hybridized carbons (Fsp3) is 0.875. The molecule has 1 fully saturated rings. The van der Waals surface area contributed by atoms with Gasteiger partial charge in [-0.25, -0.2) is 0 Å². The minimum Gasteiger partial charge on any atom is -0.459 e. The zero-order chi connectivity index (χ0) is 20.3. The number of rotatable bonds is 7. The van der Waals surface area contributed by atoms with Crippen molar-refractivity contribution in [2.45, 2.75) is 76.8 Å². The Balaban J connectivity index is 2.62. The van der Waals surface area contributed by atoms with Crippen molar-refractivity contribution in [1.82, 2.24) is 0 Å². The molecule has 0 bridgehead atoms. The van der Waals surface area contributed by atoms with Gasteiger partial charge in [0.15, 0.2) is 6.10 Å². The lowest BCUT2D eigenvalue weighted by Crippen LogP contribution is -2.44. The third-order valence-corrected chi connectivity index (χ3v) is 5.87. The van der Waals surface area contributed by atoms with E-state index in [1.807, 2.05) is 6.92 Å². The third-order valence-electron chi connectivity index (χ3n) is 4.85. The van der Waals surface area contributed by atoms with E-state index in [-0.39, 0.29) is 24.7 Å². The lowest BCUT2D eigenvalue weighted by atomic mass is 9.79. The van der Waals surface area contributed by atoms with Crippen molar-refractivity contribution in [1.29, 1.82) is 0 Å². The molecule has 0 heterocycles. The van der Waals surface area contributed by atoms with E-state index in [2.05, 4.69) is 4.74 Å². The number of hydrogen-bond donors (Lipinski definition) is 1. The summed E-state index contributed by atoms with van der Waals surface area (Å²) in [6.07, 6.45) is -0.443. The van der Waals surface area contributed by atoms with Crippen molar-refractivity contribution in [2.24, 2.45) is 11.8 Å². The Morgan fingerprint density at radius 1 is 1.27 bits per heavy atom. The summed E-state index contributed by atoms with van der Waals surface area (Å²) in [6.45, 7) is 6.08. The predicted octanol–water partition coefficient (Wildman–Crippen LogP) is 2.94. The molecule has 0 aromatic heterocycles. The Morgan fingerprint density at radius 2 is 1.77 bits per heavy atom. The zero-order valence-electron chi connectivity index (χ0n) is 15.3. The van der Waals surface area contributed by atoms with Gasteiger partial charge < -0.3 is 9.47 Å². The third kappa shape index (κ3) is 5.35. The molecule has 1 N–H and O–H groups in total. The Labute approximate surface area is 152 Å². The second-order valence-electron chi connectivity index (χ2n) is 7.07. The number of hydrogen-bond acceptors (Lipinski definition) is 6. The van der Waals surface area contributed by atoms with Gasteiger partial charge in [-0.1, -0.05) is 13.8 Å². The Hall–Kier alpha value is -1.29. The van der Waals surface area contributed by atoms with Crippen LogP contribution in [-0.2, 0) is 29.2 Å². The van der Waals surface area contributed by atoms with Crippen molar-refractivity contribution in [3.8, 4) is 0 Å². The van der Waals surface area contributed by atoms with Crippen molar-refractivity contribution in [3.63, 3.8) is 0 Å². The molecule has 10 heteroatoms. The van der Waals surface area contributed by atoms with Gasteiger partial charge in [0.25, 0.3) is 0 Å². The van der Waals surface area contributed by atoms with E-state index in [0.29, 0.717) is 26.2 Å².